The van der Waals surface area contributed by atoms with Gasteiger partial charge in [0.25, 0.3) is 0 Å². The normalized spacial score (nSPS) is 10.5. The Morgan fingerprint density at radius 1 is 1.00 bits per heavy atom. The molecule has 0 aliphatic carbocycles. The van der Waals surface area contributed by atoms with Gasteiger partial charge in [0.15, 0.2) is 6.29 Å². The van der Waals surface area contributed by atoms with Crippen LogP contribution in [0.1, 0.15) is 24.2 Å². The minimum atomic E-state index is 0.761. The molecule has 0 bridgehead atoms. The van der Waals surface area contributed by atoms with Gasteiger partial charge < -0.3 is 4.90 Å². The quantitative estimate of drug-likeness (QED) is 0.745. The molecule has 0 unspecified atom stereocenters. The van der Waals surface area contributed by atoms with E-state index in [9.17, 15) is 4.79 Å². The van der Waals surface area contributed by atoms with Crippen LogP contribution in [-0.2, 0) is 0 Å². The van der Waals surface area contributed by atoms with Crippen molar-refractivity contribution in [1.29, 1.82) is 0 Å². The third-order valence-electron chi connectivity index (χ3n) is 3.17. The van der Waals surface area contributed by atoms with Gasteiger partial charge in [0.2, 0.25) is 0 Å². The molecule has 0 aliphatic heterocycles. The van der Waals surface area contributed by atoms with Crippen LogP contribution in [0.5, 0.6) is 0 Å². The van der Waals surface area contributed by atoms with Crippen LogP contribution in [0.15, 0.2) is 36.4 Å². The molecule has 2 aromatic carbocycles. The third-order valence-corrected chi connectivity index (χ3v) is 3.17. The number of anilines is 1. The highest BCUT2D eigenvalue weighted by molar-refractivity contribution is 6.04. The number of benzene rings is 2. The number of nitrogens with zero attached hydrogens (tertiary/aromatic N) is 1. The first-order valence-corrected chi connectivity index (χ1v) is 6.03. The van der Waals surface area contributed by atoms with E-state index in [2.05, 4.69) is 24.8 Å². The number of carbonyl (C=O) groups excluding carboxylic acids is 1. The fourth-order valence-corrected chi connectivity index (χ4v) is 2.25. The molecule has 2 aromatic rings. The van der Waals surface area contributed by atoms with Gasteiger partial charge in [-0.15, -0.1) is 0 Å². The fourth-order valence-electron chi connectivity index (χ4n) is 2.25. The molecular weight excluding hydrogens is 210 g/mol. The highest BCUT2D eigenvalue weighted by Gasteiger charge is 2.08. The highest BCUT2D eigenvalue weighted by atomic mass is 16.1. The van der Waals surface area contributed by atoms with Crippen LogP contribution >= 0.6 is 0 Å². The van der Waals surface area contributed by atoms with Gasteiger partial charge in [-0.2, -0.15) is 0 Å². The van der Waals surface area contributed by atoms with Crippen LogP contribution in [0.2, 0.25) is 0 Å². The lowest BCUT2D eigenvalue weighted by atomic mass is 10.0. The van der Waals surface area contributed by atoms with Crippen molar-refractivity contribution in [3.05, 3.63) is 42.0 Å². The molecule has 0 fully saturated rings. The largest absolute Gasteiger partial charge is 0.372 e. The van der Waals surface area contributed by atoms with Gasteiger partial charge in [-0.1, -0.05) is 24.3 Å². The van der Waals surface area contributed by atoms with Crippen molar-refractivity contribution in [2.45, 2.75) is 13.8 Å². The van der Waals surface area contributed by atoms with E-state index in [0.29, 0.717) is 0 Å². The minimum Gasteiger partial charge on any atom is -0.372 e. The Kier molecular flexibility index (Phi) is 3.43. The summed E-state index contributed by atoms with van der Waals surface area (Å²) in [6, 6.07) is 12.0. The van der Waals surface area contributed by atoms with E-state index in [1.807, 2.05) is 30.3 Å². The van der Waals surface area contributed by atoms with Crippen molar-refractivity contribution in [2.24, 2.45) is 0 Å². The Morgan fingerprint density at radius 3 is 2.24 bits per heavy atom. The number of carbonyl (C=O) groups is 1. The molecule has 0 spiro atoms. The molecule has 17 heavy (non-hydrogen) atoms. The van der Waals surface area contributed by atoms with E-state index in [1.165, 1.54) is 5.69 Å². The third kappa shape index (κ3) is 2.03. The first kappa shape index (κ1) is 11.6. The first-order valence-electron chi connectivity index (χ1n) is 6.03. The Bertz CT molecular complexity index is 529. The zero-order valence-electron chi connectivity index (χ0n) is 10.3. The lowest BCUT2D eigenvalue weighted by Gasteiger charge is -2.23. The molecule has 0 heterocycles. The average molecular weight is 227 g/mol. The van der Waals surface area contributed by atoms with Gasteiger partial charge in [0.05, 0.1) is 0 Å². The van der Waals surface area contributed by atoms with E-state index in [-0.39, 0.29) is 0 Å². The number of hydrogen-bond acceptors (Lipinski definition) is 2. The van der Waals surface area contributed by atoms with Gasteiger partial charge in [-0.25, -0.2) is 0 Å². The molecule has 0 aliphatic rings. The van der Waals surface area contributed by atoms with Crippen LogP contribution in [0.4, 0.5) is 5.69 Å². The predicted octanol–water partition coefficient (Wildman–Crippen LogP) is 3.50. The summed E-state index contributed by atoms with van der Waals surface area (Å²) in [4.78, 5) is 13.3. The van der Waals surface area contributed by atoms with E-state index in [4.69, 9.17) is 0 Å². The van der Waals surface area contributed by atoms with Crippen molar-refractivity contribution >= 4 is 22.7 Å². The van der Waals surface area contributed by atoms with E-state index in [0.717, 1.165) is 35.7 Å². The minimum absolute atomic E-state index is 0.761. The van der Waals surface area contributed by atoms with Gasteiger partial charge >= 0.3 is 0 Å². The second-order valence-corrected chi connectivity index (χ2v) is 4.01. The maximum Gasteiger partial charge on any atom is 0.150 e. The SMILES string of the molecule is CCN(CC)c1ccc(C=O)c2ccccc12. The van der Waals surface area contributed by atoms with Crippen molar-refractivity contribution in [3.8, 4) is 0 Å². The molecule has 0 amide bonds. The second-order valence-electron chi connectivity index (χ2n) is 4.01. The highest BCUT2D eigenvalue weighted by Crippen LogP contribution is 2.28. The Morgan fingerprint density at radius 2 is 1.65 bits per heavy atom. The van der Waals surface area contributed by atoms with Gasteiger partial charge in [0, 0.05) is 29.7 Å². The molecular formula is C15H17NO. The van der Waals surface area contributed by atoms with Crippen molar-refractivity contribution < 1.29 is 4.79 Å². The molecule has 0 atom stereocenters. The molecule has 2 rings (SSSR count). The van der Waals surface area contributed by atoms with Gasteiger partial charge in [-0.3, -0.25) is 4.79 Å². The summed E-state index contributed by atoms with van der Waals surface area (Å²) in [6.07, 6.45) is 0.925. The molecule has 0 N–H and O–H groups in total. The summed E-state index contributed by atoms with van der Waals surface area (Å²) >= 11 is 0. The van der Waals surface area contributed by atoms with Crippen molar-refractivity contribution in [1.82, 2.24) is 0 Å². The molecule has 2 heteroatoms. The topological polar surface area (TPSA) is 20.3 Å². The number of fused-ring (bicyclic) bond motifs is 1. The lowest BCUT2D eigenvalue weighted by Crippen LogP contribution is -2.22. The maximum atomic E-state index is 11.0. The molecule has 2 nitrogen and oxygen atoms in total. The number of hydrogen-bond donors (Lipinski definition) is 0. The summed E-state index contributed by atoms with van der Waals surface area (Å²) in [5, 5.41) is 2.19. The first-order chi connectivity index (χ1) is 8.31. The molecule has 0 aromatic heterocycles. The van der Waals surface area contributed by atoms with Gasteiger partial charge in [-0.05, 0) is 31.4 Å². The van der Waals surface area contributed by atoms with Crippen LogP contribution in [0.25, 0.3) is 10.8 Å². The van der Waals surface area contributed by atoms with Crippen LogP contribution < -0.4 is 4.90 Å². The monoisotopic (exact) mass is 227 g/mol. The standard InChI is InChI=1S/C15H17NO/c1-3-16(4-2)15-10-9-12(11-17)13-7-5-6-8-14(13)15/h5-11H,3-4H2,1-2H3. The summed E-state index contributed by atoms with van der Waals surface area (Å²) in [5.41, 5.74) is 1.97. The van der Waals surface area contributed by atoms with E-state index < -0.39 is 0 Å². The zero-order chi connectivity index (χ0) is 12.3. The van der Waals surface area contributed by atoms with Crippen molar-refractivity contribution in [2.75, 3.05) is 18.0 Å². The summed E-state index contributed by atoms with van der Waals surface area (Å²) < 4.78 is 0. The Hall–Kier alpha value is -1.83. The Labute approximate surface area is 102 Å². The maximum absolute atomic E-state index is 11.0. The van der Waals surface area contributed by atoms with E-state index in [1.54, 1.807) is 0 Å². The second kappa shape index (κ2) is 5.00. The van der Waals surface area contributed by atoms with Crippen LogP contribution in [0, 0.1) is 0 Å². The fraction of sp³-hybridized carbons (Fsp3) is 0.267. The molecule has 0 saturated carbocycles. The molecule has 88 valence electrons. The van der Waals surface area contributed by atoms with Gasteiger partial charge in [0.1, 0.15) is 0 Å². The summed E-state index contributed by atoms with van der Waals surface area (Å²) in [6.45, 7) is 6.24. The lowest BCUT2D eigenvalue weighted by molar-refractivity contribution is 0.112. The predicted molar refractivity (Wildman–Crippen MR) is 72.9 cm³/mol. The smallest absolute Gasteiger partial charge is 0.150 e. The molecule has 0 radical (unpaired) electrons. The average Bonchev–Trinajstić information content (AvgIpc) is 2.40. The van der Waals surface area contributed by atoms with Crippen LogP contribution in [-0.4, -0.2) is 19.4 Å². The number of aldehydes is 1. The zero-order valence-corrected chi connectivity index (χ0v) is 10.3. The number of rotatable bonds is 4. The summed E-state index contributed by atoms with van der Waals surface area (Å²) in [7, 11) is 0. The van der Waals surface area contributed by atoms with E-state index >= 15 is 0 Å². The summed E-state index contributed by atoms with van der Waals surface area (Å²) in [5.74, 6) is 0. The Balaban J connectivity index is 2.70. The molecule has 0 saturated heterocycles. The van der Waals surface area contributed by atoms with Crippen LogP contribution in [0.3, 0.4) is 0 Å². The van der Waals surface area contributed by atoms with Crippen molar-refractivity contribution in [3.63, 3.8) is 0 Å².